The number of nitrogens with zero attached hydrogens (tertiary/aromatic N) is 3. The summed E-state index contributed by atoms with van der Waals surface area (Å²) in [6.45, 7) is 6.35. The number of pyridine rings is 2. The highest BCUT2D eigenvalue weighted by Gasteiger charge is 2.19. The van der Waals surface area contributed by atoms with Crippen molar-refractivity contribution in [2.24, 2.45) is 0 Å². The Hall–Kier alpha value is -2.30. The number of rotatable bonds is 1. The number of halogens is 2. The summed E-state index contributed by atoms with van der Waals surface area (Å²) in [5.74, 6) is -1.66. The molecule has 3 rings (SSSR count). The Morgan fingerprint density at radius 2 is 1.67 bits per heavy atom. The minimum atomic E-state index is -0.832. The van der Waals surface area contributed by atoms with Crippen LogP contribution in [-0.2, 0) is 5.41 Å². The highest BCUT2D eigenvalue weighted by atomic mass is 19.1. The third-order valence-corrected chi connectivity index (χ3v) is 3.42. The van der Waals surface area contributed by atoms with Crippen molar-refractivity contribution in [3.05, 3.63) is 54.1 Å². The first-order valence-corrected chi connectivity index (χ1v) is 6.66. The van der Waals surface area contributed by atoms with Gasteiger partial charge in [0.2, 0.25) is 11.9 Å². The van der Waals surface area contributed by atoms with Crippen LogP contribution >= 0.6 is 0 Å². The third-order valence-electron chi connectivity index (χ3n) is 3.42. The van der Waals surface area contributed by atoms with E-state index in [2.05, 4.69) is 30.9 Å². The highest BCUT2D eigenvalue weighted by molar-refractivity contribution is 5.67. The van der Waals surface area contributed by atoms with E-state index >= 15 is 0 Å². The van der Waals surface area contributed by atoms with Crippen molar-refractivity contribution in [1.29, 1.82) is 0 Å². The minimum absolute atomic E-state index is 0.0157. The first-order valence-electron chi connectivity index (χ1n) is 6.66. The molecule has 0 unspecified atom stereocenters. The van der Waals surface area contributed by atoms with E-state index in [1.807, 2.05) is 18.3 Å². The summed E-state index contributed by atoms with van der Waals surface area (Å²) < 4.78 is 28.2. The van der Waals surface area contributed by atoms with Crippen LogP contribution in [-0.4, -0.2) is 14.6 Å². The quantitative estimate of drug-likeness (QED) is 0.634. The van der Waals surface area contributed by atoms with Gasteiger partial charge in [-0.25, -0.2) is 4.52 Å². The van der Waals surface area contributed by atoms with Gasteiger partial charge in [-0.15, -0.1) is 0 Å². The van der Waals surface area contributed by atoms with Crippen LogP contribution in [0.3, 0.4) is 0 Å². The molecule has 3 aromatic rings. The molecule has 0 saturated carbocycles. The molecule has 5 heteroatoms. The minimum Gasteiger partial charge on any atom is -0.240 e. The van der Waals surface area contributed by atoms with E-state index in [-0.39, 0.29) is 5.41 Å². The van der Waals surface area contributed by atoms with E-state index < -0.39 is 11.9 Å². The molecule has 0 aliphatic rings. The van der Waals surface area contributed by atoms with Crippen LogP contribution in [0.15, 0.2) is 36.7 Å². The number of fused-ring (bicyclic) bond motifs is 1. The SMILES string of the molecule is CC(C)(C)c1cnn2cc(-c3cc(F)nc(F)c3)ccc12. The summed E-state index contributed by atoms with van der Waals surface area (Å²) in [5, 5.41) is 4.33. The summed E-state index contributed by atoms with van der Waals surface area (Å²) in [7, 11) is 0. The van der Waals surface area contributed by atoms with Crippen molar-refractivity contribution in [1.82, 2.24) is 14.6 Å². The van der Waals surface area contributed by atoms with Crippen molar-refractivity contribution in [2.45, 2.75) is 26.2 Å². The summed E-state index contributed by atoms with van der Waals surface area (Å²) in [5.41, 5.74) is 3.22. The van der Waals surface area contributed by atoms with Crippen LogP contribution in [0.1, 0.15) is 26.3 Å². The molecule has 0 spiro atoms. The average Bonchev–Trinajstić information content (AvgIpc) is 2.80. The lowest BCUT2D eigenvalue weighted by Gasteiger charge is -2.16. The maximum absolute atomic E-state index is 13.2. The van der Waals surface area contributed by atoms with Gasteiger partial charge < -0.3 is 0 Å². The molecule has 3 nitrogen and oxygen atoms in total. The standard InChI is InChI=1S/C16H15F2N3/c1-16(2,3)12-8-19-21-9-10(4-5-13(12)21)11-6-14(17)20-15(18)7-11/h4-9H,1-3H3. The van der Waals surface area contributed by atoms with Gasteiger partial charge in [0.15, 0.2) is 0 Å². The Morgan fingerprint density at radius 3 is 2.29 bits per heavy atom. The largest absolute Gasteiger partial charge is 0.240 e. The molecule has 0 N–H and O–H groups in total. The molecule has 0 saturated heterocycles. The van der Waals surface area contributed by atoms with Gasteiger partial charge in [-0.05, 0) is 17.0 Å². The van der Waals surface area contributed by atoms with Crippen LogP contribution in [0.25, 0.3) is 16.6 Å². The summed E-state index contributed by atoms with van der Waals surface area (Å²) in [6.07, 6.45) is 3.59. The molecule has 3 heterocycles. The Balaban J connectivity index is 2.14. The molecule has 0 aliphatic carbocycles. The first-order chi connectivity index (χ1) is 9.84. The van der Waals surface area contributed by atoms with Crippen molar-refractivity contribution in [3.8, 4) is 11.1 Å². The highest BCUT2D eigenvalue weighted by Crippen LogP contribution is 2.28. The van der Waals surface area contributed by atoms with E-state index in [0.29, 0.717) is 11.1 Å². The van der Waals surface area contributed by atoms with Gasteiger partial charge in [0.25, 0.3) is 0 Å². The summed E-state index contributed by atoms with van der Waals surface area (Å²) >= 11 is 0. The van der Waals surface area contributed by atoms with Gasteiger partial charge in [0.05, 0.1) is 11.7 Å². The lowest BCUT2D eigenvalue weighted by Crippen LogP contribution is -2.10. The van der Waals surface area contributed by atoms with Crippen LogP contribution < -0.4 is 0 Å². The third kappa shape index (κ3) is 2.51. The maximum Gasteiger partial charge on any atom is 0.216 e. The second-order valence-corrected chi connectivity index (χ2v) is 6.06. The molecule has 108 valence electrons. The Kier molecular flexibility index (Phi) is 3.01. The van der Waals surface area contributed by atoms with Crippen LogP contribution in [0.4, 0.5) is 8.78 Å². The fourth-order valence-corrected chi connectivity index (χ4v) is 2.36. The Bertz CT molecular complexity index is 796. The normalized spacial score (nSPS) is 12.0. The molecule has 0 radical (unpaired) electrons. The van der Waals surface area contributed by atoms with Gasteiger partial charge >= 0.3 is 0 Å². The van der Waals surface area contributed by atoms with Crippen LogP contribution in [0.2, 0.25) is 0 Å². The molecular formula is C16H15F2N3. The summed E-state index contributed by atoms with van der Waals surface area (Å²) in [6, 6.07) is 6.16. The number of hydrogen-bond acceptors (Lipinski definition) is 2. The lowest BCUT2D eigenvalue weighted by molar-refractivity contribution is 0.513. The van der Waals surface area contributed by atoms with Gasteiger partial charge in [-0.3, -0.25) is 0 Å². The Labute approximate surface area is 121 Å². The zero-order valence-electron chi connectivity index (χ0n) is 12.1. The predicted molar refractivity (Wildman–Crippen MR) is 77.0 cm³/mol. The van der Waals surface area contributed by atoms with Crippen molar-refractivity contribution in [2.75, 3.05) is 0 Å². The van der Waals surface area contributed by atoms with Gasteiger partial charge in [-0.1, -0.05) is 26.8 Å². The van der Waals surface area contributed by atoms with E-state index in [0.717, 1.165) is 11.1 Å². The lowest BCUT2D eigenvalue weighted by atomic mass is 9.88. The average molecular weight is 287 g/mol. The number of aromatic nitrogens is 3. The monoisotopic (exact) mass is 287 g/mol. The molecule has 0 bridgehead atoms. The second kappa shape index (κ2) is 4.62. The maximum atomic E-state index is 13.2. The Morgan fingerprint density at radius 1 is 1.00 bits per heavy atom. The zero-order chi connectivity index (χ0) is 15.2. The van der Waals surface area contributed by atoms with Crippen LogP contribution in [0.5, 0.6) is 0 Å². The van der Waals surface area contributed by atoms with Gasteiger partial charge in [0.1, 0.15) is 0 Å². The van der Waals surface area contributed by atoms with E-state index in [1.54, 1.807) is 10.7 Å². The first kappa shape index (κ1) is 13.7. The summed E-state index contributed by atoms with van der Waals surface area (Å²) in [4.78, 5) is 3.10. The molecule has 3 aromatic heterocycles. The molecule has 0 aliphatic heterocycles. The van der Waals surface area contributed by atoms with Gasteiger partial charge in [-0.2, -0.15) is 18.9 Å². The molecule has 0 atom stereocenters. The molecule has 0 amide bonds. The van der Waals surface area contributed by atoms with Crippen LogP contribution in [0, 0.1) is 11.9 Å². The zero-order valence-corrected chi connectivity index (χ0v) is 12.1. The van der Waals surface area contributed by atoms with Crippen molar-refractivity contribution >= 4 is 5.52 Å². The smallest absolute Gasteiger partial charge is 0.216 e. The van der Waals surface area contributed by atoms with E-state index in [4.69, 9.17) is 0 Å². The number of hydrogen-bond donors (Lipinski definition) is 0. The molecule has 0 fully saturated rings. The van der Waals surface area contributed by atoms with E-state index in [9.17, 15) is 8.78 Å². The molecule has 0 aromatic carbocycles. The fourth-order valence-electron chi connectivity index (χ4n) is 2.36. The molecular weight excluding hydrogens is 272 g/mol. The fraction of sp³-hybridized carbons (Fsp3) is 0.250. The van der Waals surface area contributed by atoms with E-state index in [1.165, 1.54) is 12.1 Å². The molecule has 21 heavy (non-hydrogen) atoms. The second-order valence-electron chi connectivity index (χ2n) is 6.06. The predicted octanol–water partition coefficient (Wildman–Crippen LogP) is 3.97. The topological polar surface area (TPSA) is 30.2 Å². The van der Waals surface area contributed by atoms with Crippen molar-refractivity contribution < 1.29 is 8.78 Å². The van der Waals surface area contributed by atoms with Crippen molar-refractivity contribution in [3.63, 3.8) is 0 Å². The van der Waals surface area contributed by atoms with Gasteiger partial charge in [0, 0.05) is 29.5 Å².